The van der Waals surface area contributed by atoms with Gasteiger partial charge in [-0.1, -0.05) is 31.9 Å². The van der Waals surface area contributed by atoms with E-state index in [1.54, 1.807) is 18.2 Å². The standard InChI is InChI=1S/C25H29FO2/c1-15-2-4-17(5-3-15)19-12-22(26)25-21-11-8-18(13-23(21)28-24(25)14-19)16-6-9-20(27)10-7-16/h6-7,9-10,12,14-15,17-18,21,23,27H,2-5,8,11,13H2,1H3. The number of aromatic hydroxyl groups is 1. The highest BCUT2D eigenvalue weighted by Gasteiger charge is 2.42. The Hall–Kier alpha value is -2.03. The SMILES string of the molecule is CC1CCC(c2cc(F)c3c(c2)OC2CC(c4ccc(O)cc4)CCC32)CC1. The van der Waals surface area contributed by atoms with Crippen LogP contribution in [-0.4, -0.2) is 11.2 Å². The largest absolute Gasteiger partial charge is 0.508 e. The summed E-state index contributed by atoms with van der Waals surface area (Å²) >= 11 is 0. The molecule has 0 spiro atoms. The lowest BCUT2D eigenvalue weighted by Gasteiger charge is -2.31. The molecule has 2 saturated carbocycles. The summed E-state index contributed by atoms with van der Waals surface area (Å²) in [6, 6.07) is 11.5. The van der Waals surface area contributed by atoms with Crippen molar-refractivity contribution in [2.24, 2.45) is 5.92 Å². The second-order valence-electron chi connectivity index (χ2n) is 9.24. The lowest BCUT2D eigenvalue weighted by molar-refractivity contribution is 0.151. The van der Waals surface area contributed by atoms with Crippen LogP contribution in [0.25, 0.3) is 0 Å². The van der Waals surface area contributed by atoms with E-state index >= 15 is 4.39 Å². The van der Waals surface area contributed by atoms with E-state index in [2.05, 4.69) is 13.0 Å². The minimum Gasteiger partial charge on any atom is -0.508 e. The molecule has 0 saturated heterocycles. The quantitative estimate of drug-likeness (QED) is 0.633. The highest BCUT2D eigenvalue weighted by atomic mass is 19.1. The number of hydrogen-bond acceptors (Lipinski definition) is 2. The fraction of sp³-hybridized carbons (Fsp3) is 0.520. The molecule has 1 heterocycles. The smallest absolute Gasteiger partial charge is 0.130 e. The van der Waals surface area contributed by atoms with Crippen molar-refractivity contribution in [1.29, 1.82) is 0 Å². The van der Waals surface area contributed by atoms with Gasteiger partial charge in [0.15, 0.2) is 0 Å². The monoisotopic (exact) mass is 380 g/mol. The van der Waals surface area contributed by atoms with Crippen LogP contribution in [0.15, 0.2) is 36.4 Å². The highest BCUT2D eigenvalue weighted by molar-refractivity contribution is 5.47. The molecular weight excluding hydrogens is 351 g/mol. The minimum absolute atomic E-state index is 0.0540. The maximum Gasteiger partial charge on any atom is 0.130 e. The Balaban J connectivity index is 1.36. The fourth-order valence-corrected chi connectivity index (χ4v) is 5.70. The predicted molar refractivity (Wildman–Crippen MR) is 109 cm³/mol. The van der Waals surface area contributed by atoms with E-state index in [4.69, 9.17) is 4.74 Å². The lowest BCUT2D eigenvalue weighted by atomic mass is 9.74. The molecule has 3 atom stereocenters. The van der Waals surface area contributed by atoms with Gasteiger partial charge in [-0.25, -0.2) is 4.39 Å². The first-order chi connectivity index (χ1) is 13.6. The van der Waals surface area contributed by atoms with Gasteiger partial charge in [0, 0.05) is 11.5 Å². The molecule has 2 aliphatic carbocycles. The van der Waals surface area contributed by atoms with Crippen LogP contribution in [0, 0.1) is 11.7 Å². The molecule has 0 radical (unpaired) electrons. The zero-order valence-electron chi connectivity index (χ0n) is 16.5. The van der Waals surface area contributed by atoms with Crippen molar-refractivity contribution in [3.05, 3.63) is 58.9 Å². The molecule has 3 aliphatic rings. The molecule has 3 heteroatoms. The van der Waals surface area contributed by atoms with E-state index in [0.717, 1.165) is 54.9 Å². The third-order valence-electron chi connectivity index (χ3n) is 7.41. The first-order valence-corrected chi connectivity index (χ1v) is 10.9. The molecule has 0 bridgehead atoms. The Bertz CT molecular complexity index is 852. The summed E-state index contributed by atoms with van der Waals surface area (Å²) in [5, 5.41) is 9.54. The molecule has 1 N–H and O–H groups in total. The molecule has 2 nitrogen and oxygen atoms in total. The highest BCUT2D eigenvalue weighted by Crippen LogP contribution is 2.51. The van der Waals surface area contributed by atoms with Crippen molar-refractivity contribution in [3.8, 4) is 11.5 Å². The van der Waals surface area contributed by atoms with Gasteiger partial charge < -0.3 is 9.84 Å². The van der Waals surface area contributed by atoms with Crippen LogP contribution in [-0.2, 0) is 0 Å². The Kier molecular flexibility index (Phi) is 4.57. The van der Waals surface area contributed by atoms with Gasteiger partial charge in [0.05, 0.1) is 0 Å². The maximum absolute atomic E-state index is 15.1. The Morgan fingerprint density at radius 1 is 0.893 bits per heavy atom. The molecule has 0 amide bonds. The van der Waals surface area contributed by atoms with E-state index in [-0.39, 0.29) is 17.8 Å². The van der Waals surface area contributed by atoms with E-state index < -0.39 is 0 Å². The van der Waals surface area contributed by atoms with Crippen LogP contribution < -0.4 is 4.74 Å². The van der Waals surface area contributed by atoms with Crippen molar-refractivity contribution in [2.75, 3.05) is 0 Å². The minimum atomic E-state index is -0.0540. The second kappa shape index (κ2) is 7.09. The Morgan fingerprint density at radius 3 is 2.36 bits per heavy atom. The fourth-order valence-electron chi connectivity index (χ4n) is 5.70. The summed E-state index contributed by atoms with van der Waals surface area (Å²) in [4.78, 5) is 0. The Morgan fingerprint density at radius 2 is 1.61 bits per heavy atom. The average molecular weight is 381 g/mol. The normalized spacial score (nSPS) is 31.7. The predicted octanol–water partition coefficient (Wildman–Crippen LogP) is 6.64. The van der Waals surface area contributed by atoms with Crippen molar-refractivity contribution in [2.45, 2.75) is 75.7 Å². The molecule has 3 unspecified atom stereocenters. The van der Waals surface area contributed by atoms with Crippen LogP contribution in [0.5, 0.6) is 11.5 Å². The molecule has 1 aliphatic heterocycles. The molecule has 148 valence electrons. The van der Waals surface area contributed by atoms with E-state index in [1.807, 2.05) is 12.1 Å². The zero-order chi connectivity index (χ0) is 19.3. The second-order valence-corrected chi connectivity index (χ2v) is 9.24. The van der Waals surface area contributed by atoms with Gasteiger partial charge in [0.25, 0.3) is 0 Å². The van der Waals surface area contributed by atoms with E-state index in [1.165, 1.54) is 18.4 Å². The number of phenols is 1. The van der Waals surface area contributed by atoms with Gasteiger partial charge in [-0.3, -0.25) is 0 Å². The van der Waals surface area contributed by atoms with Crippen LogP contribution in [0.2, 0.25) is 0 Å². The number of halogens is 1. The summed E-state index contributed by atoms with van der Waals surface area (Å²) in [5.41, 5.74) is 3.20. The Labute approximate surface area is 166 Å². The van der Waals surface area contributed by atoms with Gasteiger partial charge in [0.1, 0.15) is 23.4 Å². The number of fused-ring (bicyclic) bond motifs is 3. The number of phenolic OH excluding ortho intramolecular Hbond substituents is 1. The first-order valence-electron chi connectivity index (χ1n) is 10.9. The number of benzene rings is 2. The molecule has 28 heavy (non-hydrogen) atoms. The summed E-state index contributed by atoms with van der Waals surface area (Å²) in [6.07, 6.45) is 7.79. The third kappa shape index (κ3) is 3.19. The van der Waals surface area contributed by atoms with E-state index in [0.29, 0.717) is 17.6 Å². The average Bonchev–Trinajstić information content (AvgIpc) is 3.07. The van der Waals surface area contributed by atoms with Gasteiger partial charge >= 0.3 is 0 Å². The summed E-state index contributed by atoms with van der Waals surface area (Å²) in [5.74, 6) is 2.92. The molecule has 2 aromatic carbocycles. The van der Waals surface area contributed by atoms with Crippen molar-refractivity contribution in [1.82, 2.24) is 0 Å². The van der Waals surface area contributed by atoms with E-state index in [9.17, 15) is 5.11 Å². The van der Waals surface area contributed by atoms with Crippen molar-refractivity contribution in [3.63, 3.8) is 0 Å². The summed E-state index contributed by atoms with van der Waals surface area (Å²) < 4.78 is 21.4. The molecule has 2 fully saturated rings. The summed E-state index contributed by atoms with van der Waals surface area (Å²) in [7, 11) is 0. The maximum atomic E-state index is 15.1. The van der Waals surface area contributed by atoms with Gasteiger partial charge in [-0.15, -0.1) is 0 Å². The van der Waals surface area contributed by atoms with Gasteiger partial charge in [0.2, 0.25) is 0 Å². The van der Waals surface area contributed by atoms with Gasteiger partial charge in [-0.05, 0) is 85.3 Å². The van der Waals surface area contributed by atoms with Crippen LogP contribution in [0.3, 0.4) is 0 Å². The van der Waals surface area contributed by atoms with Gasteiger partial charge in [-0.2, -0.15) is 0 Å². The lowest BCUT2D eigenvalue weighted by Crippen LogP contribution is -2.27. The topological polar surface area (TPSA) is 29.5 Å². The molecule has 2 aromatic rings. The van der Waals surface area contributed by atoms with Crippen LogP contribution in [0.4, 0.5) is 4.39 Å². The third-order valence-corrected chi connectivity index (χ3v) is 7.41. The van der Waals surface area contributed by atoms with Crippen molar-refractivity contribution < 1.29 is 14.2 Å². The van der Waals surface area contributed by atoms with Crippen molar-refractivity contribution >= 4 is 0 Å². The van der Waals surface area contributed by atoms with Crippen LogP contribution in [0.1, 0.15) is 86.3 Å². The first kappa shape index (κ1) is 18.0. The number of ether oxygens (including phenoxy) is 1. The number of rotatable bonds is 2. The molecule has 0 aromatic heterocycles. The summed E-state index contributed by atoms with van der Waals surface area (Å²) in [6.45, 7) is 2.32. The molecule has 5 rings (SSSR count). The zero-order valence-corrected chi connectivity index (χ0v) is 16.5. The number of hydrogen-bond donors (Lipinski definition) is 1. The van der Waals surface area contributed by atoms with Crippen LogP contribution >= 0.6 is 0 Å². The molecular formula is C25H29FO2.